The quantitative estimate of drug-likeness (QED) is 0.430. The van der Waals surface area contributed by atoms with E-state index in [9.17, 15) is 0 Å². The number of nitrogens with zero attached hydrogens (tertiary/aromatic N) is 5. The van der Waals surface area contributed by atoms with Gasteiger partial charge in [-0.25, -0.2) is 0 Å². The Morgan fingerprint density at radius 3 is 2.85 bits per heavy atom. The van der Waals surface area contributed by atoms with Gasteiger partial charge in [0.1, 0.15) is 0 Å². The zero-order chi connectivity index (χ0) is 19.8. The summed E-state index contributed by atoms with van der Waals surface area (Å²) in [6.45, 7) is 12.4. The maximum Gasteiger partial charge on any atom is 0.193 e. The molecule has 6 heteroatoms. The fourth-order valence-electron chi connectivity index (χ4n) is 4.03. The van der Waals surface area contributed by atoms with Gasteiger partial charge >= 0.3 is 0 Å². The van der Waals surface area contributed by atoms with E-state index >= 15 is 0 Å². The van der Waals surface area contributed by atoms with Crippen LogP contribution in [0.25, 0.3) is 0 Å². The van der Waals surface area contributed by atoms with Crippen molar-refractivity contribution in [3.63, 3.8) is 0 Å². The number of aliphatic imine (C=N–C) groups is 1. The van der Waals surface area contributed by atoms with E-state index in [1.807, 2.05) is 18.8 Å². The lowest BCUT2D eigenvalue weighted by Crippen LogP contribution is -2.39. The fraction of sp³-hybridized carbons (Fsp3) is 0.810. The minimum absolute atomic E-state index is 0.432. The Morgan fingerprint density at radius 1 is 1.41 bits per heavy atom. The molecule has 0 radical (unpaired) electrons. The van der Waals surface area contributed by atoms with Crippen LogP contribution < -0.4 is 5.32 Å². The van der Waals surface area contributed by atoms with Gasteiger partial charge in [-0.3, -0.25) is 9.67 Å². The molecule has 1 N–H and O–H groups in total. The van der Waals surface area contributed by atoms with E-state index in [1.54, 1.807) is 0 Å². The second-order valence-electron chi connectivity index (χ2n) is 8.45. The molecule has 0 spiro atoms. The predicted octanol–water partition coefficient (Wildman–Crippen LogP) is 3.06. The van der Waals surface area contributed by atoms with E-state index in [0.717, 1.165) is 25.0 Å². The third-order valence-corrected chi connectivity index (χ3v) is 5.39. The van der Waals surface area contributed by atoms with Crippen LogP contribution in [-0.2, 0) is 13.6 Å². The van der Waals surface area contributed by atoms with Crippen molar-refractivity contribution < 1.29 is 0 Å². The number of aromatic nitrogens is 2. The molecule has 0 bridgehead atoms. The fourth-order valence-corrected chi connectivity index (χ4v) is 4.03. The Hall–Kier alpha value is -1.56. The summed E-state index contributed by atoms with van der Waals surface area (Å²) in [5.74, 6) is 2.26. The molecule has 2 rings (SSSR count). The summed E-state index contributed by atoms with van der Waals surface area (Å²) in [5, 5.41) is 8.13. The van der Waals surface area contributed by atoms with Gasteiger partial charge in [0.05, 0.1) is 5.69 Å². The van der Waals surface area contributed by atoms with E-state index in [0.29, 0.717) is 5.92 Å². The van der Waals surface area contributed by atoms with Crippen molar-refractivity contribution >= 4 is 5.96 Å². The largest absolute Gasteiger partial charge is 0.356 e. The number of aryl methyl sites for hydroxylation is 1. The van der Waals surface area contributed by atoms with E-state index < -0.39 is 0 Å². The Morgan fingerprint density at radius 2 is 2.19 bits per heavy atom. The van der Waals surface area contributed by atoms with Crippen LogP contribution >= 0.6 is 0 Å². The molecule has 0 aliphatic carbocycles. The van der Waals surface area contributed by atoms with Crippen molar-refractivity contribution in [2.45, 2.75) is 58.9 Å². The first-order valence-corrected chi connectivity index (χ1v) is 10.6. The summed E-state index contributed by atoms with van der Waals surface area (Å²) in [6.07, 6.45) is 7.32. The molecule has 1 aromatic heterocycles. The third-order valence-electron chi connectivity index (χ3n) is 5.39. The molecule has 27 heavy (non-hydrogen) atoms. The SMILES string of the molecule is CN=C(NCCCCN1CCCC(C)C1)N(C)Cc1cn(C)nc1C(C)C. The average molecular weight is 377 g/mol. The number of unbranched alkanes of at least 4 members (excludes halogenated alkanes) is 1. The Balaban J connectivity index is 1.73. The van der Waals surface area contributed by atoms with Crippen LogP contribution in [0.3, 0.4) is 0 Å². The molecular formula is C21H40N6. The Kier molecular flexibility index (Phi) is 8.61. The van der Waals surface area contributed by atoms with Gasteiger partial charge in [-0.1, -0.05) is 20.8 Å². The maximum atomic E-state index is 4.61. The van der Waals surface area contributed by atoms with Crippen LogP contribution in [0.1, 0.15) is 63.6 Å². The second-order valence-corrected chi connectivity index (χ2v) is 8.45. The van der Waals surface area contributed by atoms with Crippen LogP contribution in [0.5, 0.6) is 0 Å². The number of hydrogen-bond acceptors (Lipinski definition) is 3. The second kappa shape index (κ2) is 10.7. The van der Waals surface area contributed by atoms with E-state index in [-0.39, 0.29) is 0 Å². The first-order valence-electron chi connectivity index (χ1n) is 10.6. The molecule has 1 atom stereocenters. The van der Waals surface area contributed by atoms with Gasteiger partial charge in [0.25, 0.3) is 0 Å². The lowest BCUT2D eigenvalue weighted by molar-refractivity contribution is 0.181. The van der Waals surface area contributed by atoms with Crippen molar-refractivity contribution in [3.05, 3.63) is 17.5 Å². The highest BCUT2D eigenvalue weighted by atomic mass is 15.3. The molecule has 1 aliphatic rings. The van der Waals surface area contributed by atoms with E-state index in [1.165, 1.54) is 56.6 Å². The zero-order valence-electron chi connectivity index (χ0n) is 18.3. The average Bonchev–Trinajstić information content (AvgIpc) is 2.98. The molecule has 1 aromatic rings. The number of guanidine groups is 1. The molecule has 1 saturated heterocycles. The predicted molar refractivity (Wildman–Crippen MR) is 114 cm³/mol. The van der Waals surface area contributed by atoms with Crippen LogP contribution in [0.2, 0.25) is 0 Å². The van der Waals surface area contributed by atoms with Gasteiger partial charge in [-0.15, -0.1) is 0 Å². The highest BCUT2D eigenvalue weighted by Gasteiger charge is 2.16. The molecule has 0 aromatic carbocycles. The molecular weight excluding hydrogens is 336 g/mol. The molecule has 1 unspecified atom stereocenters. The first kappa shape index (κ1) is 21.7. The molecule has 6 nitrogen and oxygen atoms in total. The van der Waals surface area contributed by atoms with Crippen LogP contribution in [0, 0.1) is 5.92 Å². The third kappa shape index (κ3) is 6.83. The summed E-state index contributed by atoms with van der Waals surface area (Å²) in [6, 6.07) is 0. The molecule has 154 valence electrons. The Bertz CT molecular complexity index is 591. The van der Waals surface area contributed by atoms with Gasteiger partial charge in [-0.05, 0) is 50.6 Å². The van der Waals surface area contributed by atoms with Gasteiger partial charge < -0.3 is 15.1 Å². The van der Waals surface area contributed by atoms with Gasteiger partial charge in [0.15, 0.2) is 5.96 Å². The molecule has 2 heterocycles. The summed E-state index contributed by atoms with van der Waals surface area (Å²) in [7, 11) is 5.95. The summed E-state index contributed by atoms with van der Waals surface area (Å²) in [4.78, 5) is 9.28. The smallest absolute Gasteiger partial charge is 0.193 e. The highest BCUT2D eigenvalue weighted by Crippen LogP contribution is 2.18. The maximum absolute atomic E-state index is 4.61. The molecule has 0 amide bonds. The molecule has 1 fully saturated rings. The van der Waals surface area contributed by atoms with Gasteiger partial charge in [0.2, 0.25) is 0 Å². The minimum Gasteiger partial charge on any atom is -0.356 e. The summed E-state index contributed by atoms with van der Waals surface area (Å²) in [5.41, 5.74) is 2.45. The number of likely N-dealkylation sites (tertiary alicyclic amines) is 1. The lowest BCUT2D eigenvalue weighted by Gasteiger charge is -2.30. The van der Waals surface area contributed by atoms with Crippen LogP contribution in [0.15, 0.2) is 11.2 Å². The number of nitrogens with one attached hydrogen (secondary N) is 1. The van der Waals surface area contributed by atoms with Gasteiger partial charge in [0, 0.05) is 52.5 Å². The highest BCUT2D eigenvalue weighted by molar-refractivity contribution is 5.79. The van der Waals surface area contributed by atoms with E-state index in [4.69, 9.17) is 0 Å². The molecule has 0 saturated carbocycles. The zero-order valence-corrected chi connectivity index (χ0v) is 18.3. The monoisotopic (exact) mass is 376 g/mol. The summed E-state index contributed by atoms with van der Waals surface area (Å²) < 4.78 is 1.91. The van der Waals surface area contributed by atoms with E-state index in [2.05, 4.69) is 59.2 Å². The summed E-state index contributed by atoms with van der Waals surface area (Å²) >= 11 is 0. The minimum atomic E-state index is 0.432. The topological polar surface area (TPSA) is 48.7 Å². The first-order chi connectivity index (χ1) is 12.9. The van der Waals surface area contributed by atoms with Crippen molar-refractivity contribution in [1.82, 2.24) is 24.9 Å². The number of rotatable bonds is 8. The van der Waals surface area contributed by atoms with Crippen LogP contribution in [0.4, 0.5) is 0 Å². The van der Waals surface area contributed by atoms with Crippen LogP contribution in [-0.4, -0.2) is 65.8 Å². The number of hydrogen-bond donors (Lipinski definition) is 1. The lowest BCUT2D eigenvalue weighted by atomic mass is 10.0. The Labute approximate surface area is 166 Å². The van der Waals surface area contributed by atoms with Crippen molar-refractivity contribution in [2.75, 3.05) is 40.3 Å². The number of piperidine rings is 1. The van der Waals surface area contributed by atoms with Crippen molar-refractivity contribution in [1.29, 1.82) is 0 Å². The van der Waals surface area contributed by atoms with Crippen molar-refractivity contribution in [3.8, 4) is 0 Å². The van der Waals surface area contributed by atoms with Crippen molar-refractivity contribution in [2.24, 2.45) is 18.0 Å². The standard InChI is InChI=1S/C21H40N6/c1-17(2)20-19(16-26(6)24-20)15-25(5)21(22-4)23-11-7-8-12-27-13-9-10-18(3)14-27/h16-18H,7-15H2,1-6H3,(H,22,23). The molecule has 1 aliphatic heterocycles. The van der Waals surface area contributed by atoms with Gasteiger partial charge in [-0.2, -0.15) is 5.10 Å². The normalized spacial score (nSPS) is 18.9.